The SMILES string of the molecule is CCCn1ncc(OC)c1C(=O)C(C)S(C)(=O)=O. The maximum Gasteiger partial charge on any atom is 0.202 e. The van der Waals surface area contributed by atoms with Gasteiger partial charge < -0.3 is 4.74 Å². The van der Waals surface area contributed by atoms with E-state index >= 15 is 0 Å². The lowest BCUT2D eigenvalue weighted by Gasteiger charge is -2.11. The molecule has 0 spiro atoms. The van der Waals surface area contributed by atoms with Gasteiger partial charge in [-0.2, -0.15) is 5.10 Å². The molecule has 1 rings (SSSR count). The number of aromatic nitrogens is 2. The molecule has 1 aromatic rings. The molecule has 7 heteroatoms. The van der Waals surface area contributed by atoms with Gasteiger partial charge in [0.25, 0.3) is 0 Å². The minimum absolute atomic E-state index is 0.220. The molecule has 18 heavy (non-hydrogen) atoms. The summed E-state index contributed by atoms with van der Waals surface area (Å²) < 4.78 is 29.4. The Kier molecular flexibility index (Phi) is 4.50. The van der Waals surface area contributed by atoms with E-state index in [4.69, 9.17) is 4.74 Å². The van der Waals surface area contributed by atoms with E-state index in [1.807, 2.05) is 6.92 Å². The van der Waals surface area contributed by atoms with Gasteiger partial charge >= 0.3 is 0 Å². The predicted octanol–water partition coefficient (Wildman–Crippen LogP) is 0.917. The zero-order valence-electron chi connectivity index (χ0n) is 11.0. The molecule has 0 saturated heterocycles. The van der Waals surface area contributed by atoms with Gasteiger partial charge in [0.05, 0.1) is 13.3 Å². The number of hydrogen-bond acceptors (Lipinski definition) is 5. The van der Waals surface area contributed by atoms with Crippen LogP contribution < -0.4 is 4.74 Å². The molecular weight excluding hydrogens is 256 g/mol. The van der Waals surface area contributed by atoms with Crippen LogP contribution in [0.1, 0.15) is 30.8 Å². The highest BCUT2D eigenvalue weighted by atomic mass is 32.2. The Bertz CT molecular complexity index is 533. The molecule has 0 aliphatic carbocycles. The van der Waals surface area contributed by atoms with Crippen LogP contribution in [-0.4, -0.2) is 42.6 Å². The molecule has 0 aliphatic rings. The molecule has 6 nitrogen and oxygen atoms in total. The maximum absolute atomic E-state index is 12.2. The van der Waals surface area contributed by atoms with Crippen molar-refractivity contribution in [3.8, 4) is 5.75 Å². The quantitative estimate of drug-likeness (QED) is 0.721. The van der Waals surface area contributed by atoms with Gasteiger partial charge in [-0.1, -0.05) is 6.92 Å². The molecule has 0 saturated carbocycles. The molecule has 0 N–H and O–H groups in total. The van der Waals surface area contributed by atoms with E-state index in [2.05, 4.69) is 5.10 Å². The first-order chi connectivity index (χ1) is 8.32. The third-order valence-corrected chi connectivity index (χ3v) is 4.20. The molecule has 0 bridgehead atoms. The van der Waals surface area contributed by atoms with E-state index in [1.165, 1.54) is 24.9 Å². The van der Waals surface area contributed by atoms with Gasteiger partial charge in [-0.3, -0.25) is 9.48 Å². The fraction of sp³-hybridized carbons (Fsp3) is 0.636. The van der Waals surface area contributed by atoms with Gasteiger partial charge in [0.15, 0.2) is 15.6 Å². The van der Waals surface area contributed by atoms with Gasteiger partial charge in [-0.15, -0.1) is 0 Å². The Morgan fingerprint density at radius 1 is 1.56 bits per heavy atom. The van der Waals surface area contributed by atoms with E-state index in [0.717, 1.165) is 12.7 Å². The molecule has 0 fully saturated rings. The normalized spacial score (nSPS) is 13.3. The number of sulfone groups is 1. The van der Waals surface area contributed by atoms with Gasteiger partial charge in [0.2, 0.25) is 5.78 Å². The fourth-order valence-electron chi connectivity index (χ4n) is 1.53. The zero-order valence-corrected chi connectivity index (χ0v) is 11.8. The van der Waals surface area contributed by atoms with E-state index in [-0.39, 0.29) is 5.69 Å². The van der Waals surface area contributed by atoms with Gasteiger partial charge in [0.1, 0.15) is 10.9 Å². The Hall–Kier alpha value is -1.37. The van der Waals surface area contributed by atoms with Crippen molar-refractivity contribution in [1.82, 2.24) is 9.78 Å². The topological polar surface area (TPSA) is 78.3 Å². The Labute approximate surface area is 107 Å². The zero-order chi connectivity index (χ0) is 13.9. The summed E-state index contributed by atoms with van der Waals surface area (Å²) in [5.41, 5.74) is 0.220. The van der Waals surface area contributed by atoms with Crippen LogP contribution in [0.4, 0.5) is 0 Å². The molecule has 1 unspecified atom stereocenters. The lowest BCUT2D eigenvalue weighted by Crippen LogP contribution is -2.28. The summed E-state index contributed by atoms with van der Waals surface area (Å²) in [5.74, 6) is -0.177. The third kappa shape index (κ3) is 2.90. The molecule has 1 atom stereocenters. The van der Waals surface area contributed by atoms with Crippen LogP contribution in [-0.2, 0) is 16.4 Å². The first-order valence-electron chi connectivity index (χ1n) is 5.65. The van der Waals surface area contributed by atoms with Crippen molar-refractivity contribution in [2.45, 2.75) is 32.1 Å². The first kappa shape index (κ1) is 14.7. The molecule has 1 heterocycles. The van der Waals surface area contributed by atoms with Crippen molar-refractivity contribution in [1.29, 1.82) is 0 Å². The summed E-state index contributed by atoms with van der Waals surface area (Å²) in [6.45, 7) is 3.86. The maximum atomic E-state index is 12.2. The van der Waals surface area contributed by atoms with Crippen LogP contribution in [0.25, 0.3) is 0 Å². The summed E-state index contributed by atoms with van der Waals surface area (Å²) in [5, 5.41) is 2.94. The second-order valence-electron chi connectivity index (χ2n) is 4.12. The Morgan fingerprint density at radius 2 is 2.17 bits per heavy atom. The number of carbonyl (C=O) groups excluding carboxylic acids is 1. The van der Waals surface area contributed by atoms with E-state index in [9.17, 15) is 13.2 Å². The Balaban J connectivity index is 3.22. The minimum atomic E-state index is -3.43. The van der Waals surface area contributed by atoms with Crippen molar-refractivity contribution in [2.24, 2.45) is 0 Å². The molecule has 1 aromatic heterocycles. The van der Waals surface area contributed by atoms with E-state index in [0.29, 0.717) is 12.3 Å². The molecular formula is C11H18N2O4S. The summed E-state index contributed by atoms with van der Waals surface area (Å²) in [6.07, 6.45) is 3.26. The predicted molar refractivity (Wildman–Crippen MR) is 67.7 cm³/mol. The van der Waals surface area contributed by atoms with Crippen LogP contribution in [0, 0.1) is 0 Å². The van der Waals surface area contributed by atoms with E-state index in [1.54, 1.807) is 0 Å². The van der Waals surface area contributed by atoms with Crippen molar-refractivity contribution >= 4 is 15.6 Å². The van der Waals surface area contributed by atoms with Crippen molar-refractivity contribution in [2.75, 3.05) is 13.4 Å². The van der Waals surface area contributed by atoms with Gasteiger partial charge in [0, 0.05) is 12.8 Å². The number of carbonyl (C=O) groups is 1. The summed E-state index contributed by atoms with van der Waals surface area (Å²) >= 11 is 0. The molecule has 0 aromatic carbocycles. The minimum Gasteiger partial charge on any atom is -0.493 e. The lowest BCUT2D eigenvalue weighted by molar-refractivity contribution is 0.0978. The third-order valence-electron chi connectivity index (χ3n) is 2.71. The van der Waals surface area contributed by atoms with Crippen LogP contribution in [0.3, 0.4) is 0 Å². The number of Topliss-reactive ketones (excluding diaryl/α,β-unsaturated/α-hetero) is 1. The summed E-state index contributed by atoms with van der Waals surface area (Å²) in [4.78, 5) is 12.2. The first-order valence-corrected chi connectivity index (χ1v) is 7.61. The molecule has 0 radical (unpaired) electrons. The van der Waals surface area contributed by atoms with Crippen molar-refractivity contribution in [3.05, 3.63) is 11.9 Å². The number of methoxy groups -OCH3 is 1. The van der Waals surface area contributed by atoms with Crippen molar-refractivity contribution in [3.63, 3.8) is 0 Å². The number of nitrogens with zero attached hydrogens (tertiary/aromatic N) is 2. The average molecular weight is 274 g/mol. The van der Waals surface area contributed by atoms with Crippen LogP contribution in [0.2, 0.25) is 0 Å². The monoisotopic (exact) mass is 274 g/mol. The second-order valence-corrected chi connectivity index (χ2v) is 6.49. The number of ketones is 1. The number of ether oxygens (including phenoxy) is 1. The summed E-state index contributed by atoms with van der Waals surface area (Å²) in [6, 6.07) is 0. The lowest BCUT2D eigenvalue weighted by atomic mass is 10.2. The van der Waals surface area contributed by atoms with Gasteiger partial charge in [-0.05, 0) is 13.3 Å². The number of rotatable bonds is 6. The van der Waals surface area contributed by atoms with Crippen LogP contribution in [0.5, 0.6) is 5.75 Å². The highest BCUT2D eigenvalue weighted by Gasteiger charge is 2.30. The standard InChI is InChI=1S/C11H18N2O4S/c1-5-6-13-10(9(17-3)7-12-13)11(14)8(2)18(4,15)16/h7-8H,5-6H2,1-4H3. The smallest absolute Gasteiger partial charge is 0.202 e. The van der Waals surface area contributed by atoms with Gasteiger partial charge in [-0.25, -0.2) is 8.42 Å². The highest BCUT2D eigenvalue weighted by Crippen LogP contribution is 2.21. The average Bonchev–Trinajstić information content (AvgIpc) is 2.69. The second kappa shape index (κ2) is 5.51. The van der Waals surface area contributed by atoms with E-state index < -0.39 is 20.9 Å². The molecule has 0 aliphatic heterocycles. The summed E-state index contributed by atoms with van der Waals surface area (Å²) in [7, 11) is -2.01. The Morgan fingerprint density at radius 3 is 2.61 bits per heavy atom. The largest absolute Gasteiger partial charge is 0.493 e. The fourth-order valence-corrected chi connectivity index (χ4v) is 2.04. The van der Waals surface area contributed by atoms with Crippen LogP contribution >= 0.6 is 0 Å². The number of aryl methyl sites for hydroxylation is 1. The number of hydrogen-bond donors (Lipinski definition) is 0. The van der Waals surface area contributed by atoms with Crippen LogP contribution in [0.15, 0.2) is 6.20 Å². The molecule has 102 valence electrons. The molecule has 0 amide bonds. The van der Waals surface area contributed by atoms with Crippen molar-refractivity contribution < 1.29 is 17.9 Å². The highest BCUT2D eigenvalue weighted by molar-refractivity contribution is 7.92.